The van der Waals surface area contributed by atoms with Crippen molar-refractivity contribution in [2.75, 3.05) is 6.26 Å². The average molecular weight is 248 g/mol. The molecule has 0 unspecified atom stereocenters. The fourth-order valence-corrected chi connectivity index (χ4v) is 3.33. The molecule has 0 nitrogen and oxygen atoms in total. The highest BCUT2D eigenvalue weighted by molar-refractivity contribution is 7.98. The monoisotopic (exact) mass is 248 g/mol. The van der Waals surface area contributed by atoms with E-state index in [2.05, 4.69) is 60.9 Å². The van der Waals surface area contributed by atoms with Gasteiger partial charge < -0.3 is 0 Å². The molecular formula is C17H12S. The van der Waals surface area contributed by atoms with Crippen molar-refractivity contribution in [1.29, 1.82) is 0 Å². The average Bonchev–Trinajstić information content (AvgIpc) is 2.44. The molecule has 18 heavy (non-hydrogen) atoms. The Balaban J connectivity index is 2.35. The zero-order chi connectivity index (χ0) is 12.1. The molecule has 0 aromatic heterocycles. The fraction of sp³-hybridized carbons (Fsp3) is 0.0588. The Morgan fingerprint density at radius 1 is 0.667 bits per heavy atom. The van der Waals surface area contributed by atoms with Crippen molar-refractivity contribution < 1.29 is 0 Å². The predicted octanol–water partition coefficient (Wildman–Crippen LogP) is 5.31. The maximum absolute atomic E-state index is 2.29. The highest BCUT2D eigenvalue weighted by Gasteiger charge is 2.08. The highest BCUT2D eigenvalue weighted by atomic mass is 32.2. The van der Waals surface area contributed by atoms with Gasteiger partial charge in [0.2, 0.25) is 0 Å². The van der Waals surface area contributed by atoms with E-state index in [0.29, 0.717) is 0 Å². The van der Waals surface area contributed by atoms with Crippen LogP contribution in [0.3, 0.4) is 0 Å². The fourth-order valence-electron chi connectivity index (χ4n) is 2.84. The molecule has 1 heteroatoms. The van der Waals surface area contributed by atoms with E-state index < -0.39 is 0 Å². The molecule has 4 aromatic carbocycles. The zero-order valence-corrected chi connectivity index (χ0v) is 10.9. The van der Waals surface area contributed by atoms with Gasteiger partial charge in [-0.05, 0) is 50.7 Å². The van der Waals surface area contributed by atoms with Crippen molar-refractivity contribution in [3.05, 3.63) is 54.6 Å². The summed E-state index contributed by atoms with van der Waals surface area (Å²) in [6.07, 6.45) is 2.13. The third-order valence-electron chi connectivity index (χ3n) is 3.67. The first-order valence-electron chi connectivity index (χ1n) is 6.08. The number of hydrogen-bond acceptors (Lipinski definition) is 1. The van der Waals surface area contributed by atoms with Gasteiger partial charge in [0.05, 0.1) is 0 Å². The largest absolute Gasteiger partial charge is 0.130 e. The molecule has 0 aliphatic carbocycles. The third kappa shape index (κ3) is 1.28. The third-order valence-corrected chi connectivity index (χ3v) is 4.38. The lowest BCUT2D eigenvalue weighted by Crippen LogP contribution is -1.84. The van der Waals surface area contributed by atoms with E-state index in [1.54, 1.807) is 11.8 Å². The lowest BCUT2D eigenvalue weighted by Gasteiger charge is -2.11. The van der Waals surface area contributed by atoms with Crippen LogP contribution in [0.25, 0.3) is 32.3 Å². The first-order chi connectivity index (χ1) is 8.86. The summed E-state index contributed by atoms with van der Waals surface area (Å²) in [5.74, 6) is 0. The first-order valence-corrected chi connectivity index (χ1v) is 7.31. The first kappa shape index (κ1) is 10.2. The molecule has 0 spiro atoms. The normalized spacial score (nSPS) is 11.8. The standard InChI is InChI=1S/C17H12S/c1-18-15-9-13-7-5-11-3-2-4-12-6-8-14(10-15)17(13)16(11)12/h2-10H,1H3. The molecule has 4 rings (SSSR count). The lowest BCUT2D eigenvalue weighted by atomic mass is 9.94. The summed E-state index contributed by atoms with van der Waals surface area (Å²) in [4.78, 5) is 1.33. The van der Waals surface area contributed by atoms with Crippen LogP contribution in [0.15, 0.2) is 59.5 Å². The zero-order valence-electron chi connectivity index (χ0n) is 10.1. The molecule has 0 saturated heterocycles. The van der Waals surface area contributed by atoms with Crippen LogP contribution in [0.2, 0.25) is 0 Å². The second-order valence-electron chi connectivity index (χ2n) is 4.66. The van der Waals surface area contributed by atoms with Crippen LogP contribution >= 0.6 is 11.8 Å². The van der Waals surface area contributed by atoms with Gasteiger partial charge in [-0.25, -0.2) is 0 Å². The maximum Gasteiger partial charge on any atom is 0.00814 e. The minimum Gasteiger partial charge on any atom is -0.130 e. The van der Waals surface area contributed by atoms with E-state index in [-0.39, 0.29) is 0 Å². The van der Waals surface area contributed by atoms with Gasteiger partial charge in [-0.3, -0.25) is 0 Å². The van der Waals surface area contributed by atoms with Gasteiger partial charge in [0.1, 0.15) is 0 Å². The summed E-state index contributed by atoms with van der Waals surface area (Å²) in [5.41, 5.74) is 0. The molecule has 0 radical (unpaired) electrons. The molecule has 0 fully saturated rings. The Bertz CT molecular complexity index is 797. The minimum absolute atomic E-state index is 1.33. The topological polar surface area (TPSA) is 0 Å². The molecule has 0 atom stereocenters. The Labute approximate surface area is 110 Å². The van der Waals surface area contributed by atoms with E-state index in [4.69, 9.17) is 0 Å². The minimum atomic E-state index is 1.33. The van der Waals surface area contributed by atoms with Crippen molar-refractivity contribution in [3.8, 4) is 0 Å². The number of hydrogen-bond donors (Lipinski definition) is 0. The summed E-state index contributed by atoms with van der Waals surface area (Å²) in [5, 5.41) is 8.18. The van der Waals surface area contributed by atoms with Gasteiger partial charge in [0.25, 0.3) is 0 Å². The second kappa shape index (κ2) is 3.63. The van der Waals surface area contributed by atoms with Crippen molar-refractivity contribution in [1.82, 2.24) is 0 Å². The van der Waals surface area contributed by atoms with E-state index in [1.807, 2.05) is 0 Å². The van der Waals surface area contributed by atoms with Crippen LogP contribution in [-0.4, -0.2) is 6.26 Å². The molecular weight excluding hydrogens is 236 g/mol. The van der Waals surface area contributed by atoms with Crippen molar-refractivity contribution in [3.63, 3.8) is 0 Å². The van der Waals surface area contributed by atoms with Crippen LogP contribution in [0, 0.1) is 0 Å². The van der Waals surface area contributed by atoms with Crippen molar-refractivity contribution in [2.45, 2.75) is 4.90 Å². The second-order valence-corrected chi connectivity index (χ2v) is 5.54. The molecule has 0 aliphatic rings. The summed E-state index contributed by atoms with van der Waals surface area (Å²) in [6.45, 7) is 0. The van der Waals surface area contributed by atoms with Gasteiger partial charge in [-0.2, -0.15) is 0 Å². The van der Waals surface area contributed by atoms with E-state index >= 15 is 0 Å². The van der Waals surface area contributed by atoms with Gasteiger partial charge >= 0.3 is 0 Å². The molecule has 0 heterocycles. The van der Waals surface area contributed by atoms with E-state index in [9.17, 15) is 0 Å². The molecule has 0 aliphatic heterocycles. The van der Waals surface area contributed by atoms with Gasteiger partial charge in [-0.1, -0.05) is 42.5 Å². The Kier molecular flexibility index (Phi) is 2.06. The van der Waals surface area contributed by atoms with Crippen LogP contribution < -0.4 is 0 Å². The molecule has 0 saturated carbocycles. The number of thioether (sulfide) groups is 1. The molecule has 0 bridgehead atoms. The highest BCUT2D eigenvalue weighted by Crippen LogP contribution is 2.36. The van der Waals surface area contributed by atoms with Gasteiger partial charge in [-0.15, -0.1) is 11.8 Å². The lowest BCUT2D eigenvalue weighted by molar-refractivity contribution is 1.54. The molecule has 4 aromatic rings. The van der Waals surface area contributed by atoms with E-state index in [1.165, 1.54) is 37.2 Å². The Hall–Kier alpha value is -1.73. The Morgan fingerprint density at radius 3 is 1.72 bits per heavy atom. The van der Waals surface area contributed by atoms with Crippen molar-refractivity contribution >= 4 is 44.1 Å². The molecule has 0 amide bonds. The van der Waals surface area contributed by atoms with Crippen LogP contribution in [0.1, 0.15) is 0 Å². The SMILES string of the molecule is CSc1cc2ccc3cccc4ccc(c1)c2c34. The van der Waals surface area contributed by atoms with E-state index in [0.717, 1.165) is 0 Å². The maximum atomic E-state index is 2.29. The molecule has 86 valence electrons. The smallest absolute Gasteiger partial charge is 0.00814 e. The summed E-state index contributed by atoms with van der Waals surface area (Å²) in [7, 11) is 0. The van der Waals surface area contributed by atoms with Crippen LogP contribution in [0.4, 0.5) is 0 Å². The summed E-state index contributed by atoms with van der Waals surface area (Å²) in [6, 6.07) is 20.1. The van der Waals surface area contributed by atoms with Crippen LogP contribution in [-0.2, 0) is 0 Å². The van der Waals surface area contributed by atoms with Crippen molar-refractivity contribution in [2.24, 2.45) is 0 Å². The number of rotatable bonds is 1. The van der Waals surface area contributed by atoms with Gasteiger partial charge in [0.15, 0.2) is 0 Å². The summed E-state index contributed by atoms with van der Waals surface area (Å²) >= 11 is 1.81. The Morgan fingerprint density at radius 2 is 1.17 bits per heavy atom. The summed E-state index contributed by atoms with van der Waals surface area (Å²) < 4.78 is 0. The predicted molar refractivity (Wildman–Crippen MR) is 81.9 cm³/mol. The number of benzene rings is 4. The quantitative estimate of drug-likeness (QED) is 0.325. The van der Waals surface area contributed by atoms with Crippen LogP contribution in [0.5, 0.6) is 0 Å². The van der Waals surface area contributed by atoms with Gasteiger partial charge in [0, 0.05) is 4.90 Å². The molecule has 0 N–H and O–H groups in total.